The summed E-state index contributed by atoms with van der Waals surface area (Å²) in [4.78, 5) is 21.9. The fourth-order valence-electron chi connectivity index (χ4n) is 4.14. The quantitative estimate of drug-likeness (QED) is 0.461. The van der Waals surface area contributed by atoms with Crippen LogP contribution in [0.25, 0.3) is 10.9 Å². The standard InChI is InChI=1S/C25H32N4O4/c1-17(27-16-22(30)19-5-4-8-26-14-19)13-20-15-28-24-21(20)6-3-7-23(24)33-18(2)25(31)29-9-11-32-12-10-29/h3-8,14-15,17-18,22,27-28,30H,9-13,16H2,1-2H3/t17-,18-,22+/m1/s1. The van der Waals surface area contributed by atoms with Gasteiger partial charge in [-0.25, -0.2) is 0 Å². The highest BCUT2D eigenvalue weighted by Crippen LogP contribution is 2.29. The van der Waals surface area contributed by atoms with Crippen molar-refractivity contribution in [2.75, 3.05) is 32.8 Å². The van der Waals surface area contributed by atoms with Crippen LogP contribution in [0, 0.1) is 0 Å². The predicted molar refractivity (Wildman–Crippen MR) is 126 cm³/mol. The Hall–Kier alpha value is -2.94. The summed E-state index contributed by atoms with van der Waals surface area (Å²) in [5, 5.41) is 14.8. The fraction of sp³-hybridized carbons (Fsp3) is 0.440. The minimum atomic E-state index is -0.602. The fourth-order valence-corrected chi connectivity index (χ4v) is 4.14. The molecule has 3 heterocycles. The van der Waals surface area contributed by atoms with Crippen molar-refractivity contribution in [3.05, 3.63) is 60.0 Å². The second-order valence-corrected chi connectivity index (χ2v) is 8.51. The van der Waals surface area contributed by atoms with E-state index in [2.05, 4.69) is 28.3 Å². The summed E-state index contributed by atoms with van der Waals surface area (Å²) in [6.07, 6.45) is 4.97. The van der Waals surface area contributed by atoms with Gasteiger partial charge < -0.3 is 29.8 Å². The second kappa shape index (κ2) is 10.8. The number of benzene rings is 1. The van der Waals surface area contributed by atoms with E-state index in [0.29, 0.717) is 38.6 Å². The largest absolute Gasteiger partial charge is 0.479 e. The zero-order valence-corrected chi connectivity index (χ0v) is 19.2. The number of nitrogens with zero attached hydrogens (tertiary/aromatic N) is 2. The van der Waals surface area contributed by atoms with Crippen molar-refractivity contribution in [3.63, 3.8) is 0 Å². The SMILES string of the molecule is C[C@H](Cc1c[nH]c2c(O[C@H](C)C(=O)N3CCOCC3)cccc12)NC[C@H](O)c1cccnc1. The van der Waals surface area contributed by atoms with Crippen LogP contribution in [0.1, 0.15) is 31.1 Å². The van der Waals surface area contributed by atoms with E-state index in [1.807, 2.05) is 30.5 Å². The summed E-state index contributed by atoms with van der Waals surface area (Å²) in [7, 11) is 0. The number of H-pyrrole nitrogens is 1. The molecule has 1 fully saturated rings. The predicted octanol–water partition coefficient (Wildman–Crippen LogP) is 2.44. The van der Waals surface area contributed by atoms with Crippen LogP contribution in [0.5, 0.6) is 5.75 Å². The molecule has 2 aromatic heterocycles. The Morgan fingerprint density at radius 3 is 2.85 bits per heavy atom. The number of para-hydroxylation sites is 1. The van der Waals surface area contributed by atoms with Gasteiger partial charge in [0.2, 0.25) is 0 Å². The van der Waals surface area contributed by atoms with Crippen molar-refractivity contribution in [1.29, 1.82) is 0 Å². The van der Waals surface area contributed by atoms with Crippen molar-refractivity contribution < 1.29 is 19.4 Å². The van der Waals surface area contributed by atoms with Gasteiger partial charge in [-0.15, -0.1) is 0 Å². The molecule has 176 valence electrons. The van der Waals surface area contributed by atoms with Crippen molar-refractivity contribution in [2.24, 2.45) is 0 Å². The van der Waals surface area contributed by atoms with Crippen LogP contribution in [0.4, 0.5) is 0 Å². The Morgan fingerprint density at radius 2 is 2.09 bits per heavy atom. The molecular formula is C25H32N4O4. The lowest BCUT2D eigenvalue weighted by atomic mass is 10.1. The first-order valence-corrected chi connectivity index (χ1v) is 11.5. The van der Waals surface area contributed by atoms with Gasteiger partial charge in [-0.05, 0) is 38.0 Å². The van der Waals surface area contributed by atoms with Gasteiger partial charge in [-0.2, -0.15) is 0 Å². The van der Waals surface area contributed by atoms with E-state index >= 15 is 0 Å². The third kappa shape index (κ3) is 5.71. The Balaban J connectivity index is 1.37. The maximum Gasteiger partial charge on any atom is 0.263 e. The lowest BCUT2D eigenvalue weighted by Crippen LogP contribution is -2.46. The van der Waals surface area contributed by atoms with Gasteiger partial charge in [-0.1, -0.05) is 18.2 Å². The number of hydrogen-bond acceptors (Lipinski definition) is 6. The number of aromatic nitrogens is 2. The lowest BCUT2D eigenvalue weighted by Gasteiger charge is -2.29. The zero-order chi connectivity index (χ0) is 23.2. The van der Waals surface area contributed by atoms with Gasteiger partial charge in [-0.3, -0.25) is 9.78 Å². The summed E-state index contributed by atoms with van der Waals surface area (Å²) in [6.45, 7) is 6.68. The summed E-state index contributed by atoms with van der Waals surface area (Å²) in [5.41, 5.74) is 2.84. The number of fused-ring (bicyclic) bond motifs is 1. The minimum absolute atomic E-state index is 0.0212. The molecule has 33 heavy (non-hydrogen) atoms. The van der Waals surface area contributed by atoms with E-state index in [4.69, 9.17) is 9.47 Å². The number of ether oxygens (including phenoxy) is 2. The number of aliphatic hydroxyl groups excluding tert-OH is 1. The highest BCUT2D eigenvalue weighted by atomic mass is 16.5. The number of amides is 1. The molecule has 0 aliphatic carbocycles. The normalized spacial score (nSPS) is 17.0. The summed E-state index contributed by atoms with van der Waals surface area (Å²) in [6, 6.07) is 9.74. The van der Waals surface area contributed by atoms with Crippen molar-refractivity contribution in [1.82, 2.24) is 20.2 Å². The Morgan fingerprint density at radius 1 is 1.27 bits per heavy atom. The van der Waals surface area contributed by atoms with Crippen LogP contribution in [0.3, 0.4) is 0 Å². The number of rotatable bonds is 9. The van der Waals surface area contributed by atoms with Crippen LogP contribution in [-0.2, 0) is 16.0 Å². The number of aliphatic hydroxyl groups is 1. The van der Waals surface area contributed by atoms with Crippen LogP contribution < -0.4 is 10.1 Å². The highest BCUT2D eigenvalue weighted by Gasteiger charge is 2.24. The third-order valence-corrected chi connectivity index (χ3v) is 5.99. The zero-order valence-electron chi connectivity index (χ0n) is 19.2. The van der Waals surface area contributed by atoms with E-state index in [1.54, 1.807) is 24.2 Å². The summed E-state index contributed by atoms with van der Waals surface area (Å²) in [5.74, 6) is 0.646. The molecule has 1 aliphatic rings. The van der Waals surface area contributed by atoms with Gasteiger partial charge in [0.05, 0.1) is 24.8 Å². The van der Waals surface area contributed by atoms with E-state index in [1.165, 1.54) is 0 Å². The summed E-state index contributed by atoms with van der Waals surface area (Å²) >= 11 is 0. The monoisotopic (exact) mass is 452 g/mol. The first-order valence-electron chi connectivity index (χ1n) is 11.5. The smallest absolute Gasteiger partial charge is 0.263 e. The number of carbonyl (C=O) groups excluding carboxylic acids is 1. The molecule has 3 atom stereocenters. The molecule has 1 aliphatic heterocycles. The van der Waals surface area contributed by atoms with Crippen LogP contribution in [-0.4, -0.2) is 70.9 Å². The van der Waals surface area contributed by atoms with Gasteiger partial charge in [0.15, 0.2) is 6.10 Å². The Bertz CT molecular complexity index is 1050. The molecule has 0 saturated carbocycles. The van der Waals surface area contributed by atoms with Gasteiger partial charge >= 0.3 is 0 Å². The van der Waals surface area contributed by atoms with Crippen LogP contribution >= 0.6 is 0 Å². The molecule has 8 nitrogen and oxygen atoms in total. The first-order chi connectivity index (χ1) is 16.0. The Labute approximate surface area is 193 Å². The number of nitrogens with one attached hydrogen (secondary N) is 2. The molecule has 3 aromatic rings. The molecule has 1 amide bonds. The van der Waals surface area contributed by atoms with Gasteiger partial charge in [0, 0.05) is 55.2 Å². The average Bonchev–Trinajstić information content (AvgIpc) is 3.26. The molecule has 0 radical (unpaired) electrons. The van der Waals surface area contributed by atoms with E-state index in [9.17, 15) is 9.90 Å². The summed E-state index contributed by atoms with van der Waals surface area (Å²) < 4.78 is 11.4. The van der Waals surface area contributed by atoms with Crippen LogP contribution in [0.15, 0.2) is 48.9 Å². The van der Waals surface area contributed by atoms with E-state index in [0.717, 1.165) is 28.5 Å². The Kier molecular flexibility index (Phi) is 7.59. The molecule has 0 spiro atoms. The maximum absolute atomic E-state index is 12.7. The number of pyridine rings is 1. The second-order valence-electron chi connectivity index (χ2n) is 8.51. The molecule has 3 N–H and O–H groups in total. The molecule has 0 unspecified atom stereocenters. The first kappa shape index (κ1) is 23.2. The number of morpholine rings is 1. The number of hydrogen-bond donors (Lipinski definition) is 3. The highest BCUT2D eigenvalue weighted by molar-refractivity contribution is 5.89. The lowest BCUT2D eigenvalue weighted by molar-refractivity contribution is -0.142. The number of aromatic amines is 1. The van der Waals surface area contributed by atoms with E-state index in [-0.39, 0.29) is 11.9 Å². The van der Waals surface area contributed by atoms with Gasteiger partial charge in [0.25, 0.3) is 5.91 Å². The van der Waals surface area contributed by atoms with Gasteiger partial charge in [0.1, 0.15) is 5.75 Å². The molecule has 1 aromatic carbocycles. The van der Waals surface area contributed by atoms with Crippen molar-refractivity contribution in [3.8, 4) is 5.75 Å². The van der Waals surface area contributed by atoms with Crippen molar-refractivity contribution in [2.45, 2.75) is 38.5 Å². The molecule has 0 bridgehead atoms. The third-order valence-electron chi connectivity index (χ3n) is 5.99. The average molecular weight is 453 g/mol. The van der Waals surface area contributed by atoms with Crippen LogP contribution in [0.2, 0.25) is 0 Å². The van der Waals surface area contributed by atoms with Crippen molar-refractivity contribution >= 4 is 16.8 Å². The molecule has 4 rings (SSSR count). The number of carbonyl (C=O) groups is 1. The topological polar surface area (TPSA) is 99.7 Å². The molecule has 1 saturated heterocycles. The van der Waals surface area contributed by atoms with E-state index < -0.39 is 12.2 Å². The molecular weight excluding hydrogens is 420 g/mol. The maximum atomic E-state index is 12.7. The molecule has 8 heteroatoms. The minimum Gasteiger partial charge on any atom is -0.479 e.